The predicted molar refractivity (Wildman–Crippen MR) is 105 cm³/mol. The number of hydrogen-bond donors (Lipinski definition) is 1. The Balaban J connectivity index is 2.13. The first-order valence-electron chi connectivity index (χ1n) is 9.02. The van der Waals surface area contributed by atoms with Gasteiger partial charge in [-0.15, -0.1) is 0 Å². The predicted octanol–water partition coefficient (Wildman–Crippen LogP) is 2.21. The van der Waals surface area contributed by atoms with Crippen LogP contribution in [0.3, 0.4) is 0 Å². The number of rotatable bonds is 6. The Bertz CT molecular complexity index is 960. The van der Waals surface area contributed by atoms with E-state index in [0.29, 0.717) is 12.1 Å². The van der Waals surface area contributed by atoms with Crippen LogP contribution in [0.5, 0.6) is 5.75 Å². The number of aliphatic hydroxyl groups excluding tert-OH is 1. The van der Waals surface area contributed by atoms with Crippen LogP contribution in [0.15, 0.2) is 48.3 Å². The highest BCUT2D eigenvalue weighted by atomic mass is 19.1. The molecule has 0 aliphatic carbocycles. The van der Waals surface area contributed by atoms with Gasteiger partial charge < -0.3 is 19.6 Å². The third kappa shape index (κ3) is 3.97. The summed E-state index contributed by atoms with van der Waals surface area (Å²) < 4.78 is 19.0. The molecule has 1 atom stereocenters. The third-order valence-electron chi connectivity index (χ3n) is 4.78. The minimum atomic E-state index is -0.806. The molecule has 1 amide bonds. The van der Waals surface area contributed by atoms with Gasteiger partial charge in [-0.1, -0.05) is 0 Å². The molecule has 2 heterocycles. The van der Waals surface area contributed by atoms with Gasteiger partial charge in [-0.2, -0.15) is 0 Å². The van der Waals surface area contributed by atoms with Gasteiger partial charge in [-0.3, -0.25) is 14.6 Å². The minimum Gasteiger partial charge on any atom is -0.507 e. The van der Waals surface area contributed by atoms with Gasteiger partial charge in [-0.05, 0) is 50.0 Å². The molecule has 3 rings (SSSR count). The number of halogens is 1. The molecule has 7 nitrogen and oxygen atoms in total. The molecule has 0 saturated carbocycles. The van der Waals surface area contributed by atoms with Crippen molar-refractivity contribution >= 4 is 17.4 Å². The van der Waals surface area contributed by atoms with Crippen LogP contribution in [0.1, 0.15) is 17.2 Å². The highest BCUT2D eigenvalue weighted by molar-refractivity contribution is 6.46. The monoisotopic (exact) mass is 399 g/mol. The molecule has 1 aliphatic heterocycles. The zero-order valence-electron chi connectivity index (χ0n) is 16.4. The van der Waals surface area contributed by atoms with Gasteiger partial charge >= 0.3 is 0 Å². The molecular formula is C21H22FN3O4. The standard InChI is InChI=1S/C21H22FN3O4/c1-24(2)10-11-25-18(13-6-8-23-9-7-13)17(20(27)21(25)28)19(26)14-4-5-16(29-3)15(22)12-14/h4-9,12,18,26H,10-11H2,1-3H3/t18-/m1/s1. The summed E-state index contributed by atoms with van der Waals surface area (Å²) in [5.41, 5.74) is 0.644. The summed E-state index contributed by atoms with van der Waals surface area (Å²) in [5, 5.41) is 10.9. The number of benzene rings is 1. The highest BCUT2D eigenvalue weighted by Gasteiger charge is 2.45. The molecule has 1 aliphatic rings. The van der Waals surface area contributed by atoms with Gasteiger partial charge in [-0.25, -0.2) is 4.39 Å². The van der Waals surface area contributed by atoms with E-state index in [2.05, 4.69) is 4.98 Å². The van der Waals surface area contributed by atoms with Crippen molar-refractivity contribution in [3.05, 3.63) is 65.2 Å². The maximum atomic E-state index is 14.1. The summed E-state index contributed by atoms with van der Waals surface area (Å²) in [6.45, 7) is 0.824. The average molecular weight is 399 g/mol. The van der Waals surface area contributed by atoms with Crippen molar-refractivity contribution in [1.82, 2.24) is 14.8 Å². The first kappa shape index (κ1) is 20.5. The molecule has 1 fully saturated rings. The quantitative estimate of drug-likeness (QED) is 0.456. The molecule has 1 saturated heterocycles. The maximum Gasteiger partial charge on any atom is 0.295 e. The number of pyridine rings is 1. The molecule has 152 valence electrons. The van der Waals surface area contributed by atoms with E-state index in [1.165, 1.54) is 24.1 Å². The summed E-state index contributed by atoms with van der Waals surface area (Å²) in [5.74, 6) is -2.61. The molecule has 29 heavy (non-hydrogen) atoms. The zero-order valence-corrected chi connectivity index (χ0v) is 16.4. The lowest BCUT2D eigenvalue weighted by molar-refractivity contribution is -0.140. The van der Waals surface area contributed by atoms with E-state index in [0.717, 1.165) is 6.07 Å². The lowest BCUT2D eigenvalue weighted by atomic mass is 9.96. The molecule has 8 heteroatoms. The summed E-state index contributed by atoms with van der Waals surface area (Å²) in [7, 11) is 5.05. The molecule has 1 aromatic carbocycles. The Kier molecular flexibility index (Phi) is 5.93. The van der Waals surface area contributed by atoms with Crippen molar-refractivity contribution < 1.29 is 23.8 Å². The van der Waals surface area contributed by atoms with Crippen molar-refractivity contribution in [2.24, 2.45) is 0 Å². The molecule has 1 aromatic heterocycles. The number of aliphatic hydroxyl groups is 1. The Labute approximate surface area is 168 Å². The second-order valence-corrected chi connectivity index (χ2v) is 6.93. The number of likely N-dealkylation sites (N-methyl/N-ethyl adjacent to an activating group) is 1. The third-order valence-corrected chi connectivity index (χ3v) is 4.78. The fourth-order valence-corrected chi connectivity index (χ4v) is 3.28. The number of amides is 1. The lowest BCUT2D eigenvalue weighted by Crippen LogP contribution is -2.35. The number of likely N-dealkylation sites (tertiary alicyclic amines) is 1. The Hall–Kier alpha value is -3.26. The number of methoxy groups -OCH3 is 1. The molecule has 2 aromatic rings. The largest absolute Gasteiger partial charge is 0.507 e. The number of carbonyl (C=O) groups excluding carboxylic acids is 2. The summed E-state index contributed by atoms with van der Waals surface area (Å²) in [6, 6.07) is 6.44. The summed E-state index contributed by atoms with van der Waals surface area (Å²) in [6.07, 6.45) is 3.10. The maximum absolute atomic E-state index is 14.1. The van der Waals surface area contributed by atoms with E-state index in [4.69, 9.17) is 4.74 Å². The van der Waals surface area contributed by atoms with Gasteiger partial charge in [0, 0.05) is 31.0 Å². The van der Waals surface area contributed by atoms with Crippen LogP contribution >= 0.6 is 0 Å². The van der Waals surface area contributed by atoms with Crippen molar-refractivity contribution in [3.8, 4) is 5.75 Å². The van der Waals surface area contributed by atoms with Gasteiger partial charge in [0.25, 0.3) is 11.7 Å². The van der Waals surface area contributed by atoms with Crippen LogP contribution in [-0.4, -0.2) is 65.9 Å². The number of ketones is 1. The van der Waals surface area contributed by atoms with Crippen LogP contribution in [0.2, 0.25) is 0 Å². The average Bonchev–Trinajstić information content (AvgIpc) is 2.97. The van der Waals surface area contributed by atoms with Gasteiger partial charge in [0.2, 0.25) is 0 Å². The van der Waals surface area contributed by atoms with Crippen LogP contribution < -0.4 is 4.74 Å². The van der Waals surface area contributed by atoms with E-state index >= 15 is 0 Å². The lowest BCUT2D eigenvalue weighted by Gasteiger charge is -2.26. The molecule has 0 bridgehead atoms. The van der Waals surface area contributed by atoms with Crippen LogP contribution in [0.25, 0.3) is 5.76 Å². The number of nitrogens with zero attached hydrogens (tertiary/aromatic N) is 3. The first-order valence-corrected chi connectivity index (χ1v) is 9.02. The van der Waals surface area contributed by atoms with Crippen LogP contribution in [0, 0.1) is 5.82 Å². The van der Waals surface area contributed by atoms with Crippen LogP contribution in [0.4, 0.5) is 4.39 Å². The Morgan fingerprint density at radius 3 is 2.52 bits per heavy atom. The summed E-state index contributed by atoms with van der Waals surface area (Å²) >= 11 is 0. The van der Waals surface area contributed by atoms with Gasteiger partial charge in [0.05, 0.1) is 18.7 Å². The van der Waals surface area contributed by atoms with Crippen molar-refractivity contribution in [2.45, 2.75) is 6.04 Å². The van der Waals surface area contributed by atoms with E-state index in [1.54, 1.807) is 24.5 Å². The number of carbonyl (C=O) groups is 2. The number of hydrogen-bond acceptors (Lipinski definition) is 6. The van der Waals surface area contributed by atoms with Crippen LogP contribution in [-0.2, 0) is 9.59 Å². The topological polar surface area (TPSA) is 83.0 Å². The van der Waals surface area contributed by atoms with Gasteiger partial charge in [0.1, 0.15) is 5.76 Å². The normalized spacial score (nSPS) is 18.5. The number of ether oxygens (including phenoxy) is 1. The summed E-state index contributed by atoms with van der Waals surface area (Å²) in [4.78, 5) is 32.8. The molecular weight excluding hydrogens is 377 g/mol. The van der Waals surface area contributed by atoms with E-state index in [9.17, 15) is 19.1 Å². The smallest absolute Gasteiger partial charge is 0.295 e. The van der Waals surface area contributed by atoms with Gasteiger partial charge in [0.15, 0.2) is 11.6 Å². The molecule has 0 unspecified atom stereocenters. The van der Waals surface area contributed by atoms with Crippen molar-refractivity contribution in [2.75, 3.05) is 34.3 Å². The second-order valence-electron chi connectivity index (χ2n) is 6.93. The van der Waals surface area contributed by atoms with Crippen molar-refractivity contribution in [3.63, 3.8) is 0 Å². The molecule has 1 N–H and O–H groups in total. The SMILES string of the molecule is COc1ccc(C(O)=C2C(=O)C(=O)N(CCN(C)C)[C@@H]2c2ccncc2)cc1F. The van der Waals surface area contributed by atoms with E-state index < -0.39 is 29.3 Å². The number of Topliss-reactive ketones (excluding diaryl/α,β-unsaturated/α-hetero) is 1. The second kappa shape index (κ2) is 8.40. The van der Waals surface area contributed by atoms with E-state index in [-0.39, 0.29) is 23.4 Å². The fourth-order valence-electron chi connectivity index (χ4n) is 3.28. The molecule has 0 radical (unpaired) electrons. The highest BCUT2D eigenvalue weighted by Crippen LogP contribution is 2.39. The zero-order chi connectivity index (χ0) is 21.1. The Morgan fingerprint density at radius 1 is 1.24 bits per heavy atom. The fraction of sp³-hybridized carbons (Fsp3) is 0.286. The van der Waals surface area contributed by atoms with E-state index in [1.807, 2.05) is 19.0 Å². The minimum absolute atomic E-state index is 0.0127. The Morgan fingerprint density at radius 2 is 1.93 bits per heavy atom. The molecule has 0 spiro atoms. The number of aromatic nitrogens is 1. The first-order chi connectivity index (χ1) is 13.8. The van der Waals surface area contributed by atoms with Crippen molar-refractivity contribution in [1.29, 1.82) is 0 Å².